The molecule has 2 aromatic heterocycles. The molecule has 3 N–H and O–H groups in total. The second-order valence-electron chi connectivity index (χ2n) is 20.2. The first-order valence-electron chi connectivity index (χ1n) is 27.2. The number of benzene rings is 6. The summed E-state index contributed by atoms with van der Waals surface area (Å²) in [6.07, 6.45) is 5.41. The van der Waals surface area contributed by atoms with Gasteiger partial charge in [0.25, 0.3) is 0 Å². The molecule has 17 heteroatoms. The van der Waals surface area contributed by atoms with Crippen molar-refractivity contribution in [3.05, 3.63) is 235 Å². The average molecular weight is 1170 g/mol. The van der Waals surface area contributed by atoms with Crippen molar-refractivity contribution in [3.63, 3.8) is 0 Å². The van der Waals surface area contributed by atoms with E-state index in [4.69, 9.17) is 51.6 Å². The number of nitrogens with zero attached hydrogens (tertiary/aromatic N) is 4. The number of aliphatic carboxylic acids is 2. The van der Waals surface area contributed by atoms with Crippen LogP contribution in [0.2, 0.25) is 10.0 Å². The minimum Gasteiger partial charge on any atom is -0.488 e. The van der Waals surface area contributed by atoms with Gasteiger partial charge in [0.05, 0.1) is 52.5 Å². The highest BCUT2D eigenvalue weighted by Crippen LogP contribution is 2.38. The van der Waals surface area contributed by atoms with Gasteiger partial charge in [-0.15, -0.1) is 0 Å². The van der Waals surface area contributed by atoms with Crippen LogP contribution in [0.4, 0.5) is 0 Å². The van der Waals surface area contributed by atoms with E-state index in [1.165, 1.54) is 12.4 Å². The van der Waals surface area contributed by atoms with Gasteiger partial charge in [-0.1, -0.05) is 120 Å². The Labute approximate surface area is 498 Å². The Bertz CT molecular complexity index is 3410. The Morgan fingerprint density at radius 2 is 0.988 bits per heavy atom. The average Bonchev–Trinajstić information content (AvgIpc) is 3.70. The van der Waals surface area contributed by atoms with E-state index in [2.05, 4.69) is 27.4 Å². The monoisotopic (exact) mass is 1170 g/mol. The number of carboxylic acid groups (broad SMARTS) is 2. The highest BCUT2D eigenvalue weighted by Gasteiger charge is 2.28. The molecule has 0 aliphatic heterocycles. The van der Waals surface area contributed by atoms with E-state index < -0.39 is 36.1 Å². The van der Waals surface area contributed by atoms with Gasteiger partial charge in [-0.05, 0) is 115 Å². The molecule has 2 heterocycles. The number of nitrogens with one attached hydrogen (secondary N) is 1. The fourth-order valence-corrected chi connectivity index (χ4v) is 9.97. The Morgan fingerprint density at radius 3 is 1.46 bits per heavy atom. The molecule has 0 saturated heterocycles. The van der Waals surface area contributed by atoms with Gasteiger partial charge in [-0.25, -0.2) is 0 Å². The minimum atomic E-state index is -1.09. The van der Waals surface area contributed by atoms with Crippen LogP contribution in [-0.2, 0) is 71.7 Å². The van der Waals surface area contributed by atoms with Crippen LogP contribution in [0.1, 0.15) is 87.0 Å². The third-order valence-corrected chi connectivity index (χ3v) is 15.0. The fourth-order valence-electron chi connectivity index (χ4n) is 9.49. The topological polar surface area (TPSA) is 215 Å². The zero-order valence-corrected chi connectivity index (χ0v) is 48.4. The standard InChI is InChI=1S/C67H63Cl2N5O10/c1-42-53(40-83-63-27-61(81-38-50-23-48(29-70)31-72-33-50)52(25-59(63)68)21-22-58(66(75)76)44(3)79-36-46-13-7-5-8-14-46)17-11-19-56(42)57-20-12-18-54(43(57)2)41-84-64-28-62(82-39-51-24-49(30-71)32-73-34-51)55(26-60(64)69)35-74-65(67(77)78)45(4)80-37-47-15-9-6-10-16-47/h5-20,23-28,31-34,44-45,58,65,74H,21-22,35-41H2,1-4H3,(H,75,76)(H,77,78)/t44-,45-,58+,65+/m1/s1. The first kappa shape index (κ1) is 61.3. The number of ether oxygens (including phenoxy) is 6. The molecule has 430 valence electrons. The second kappa shape index (κ2) is 30.0. The molecule has 0 aliphatic rings. The quantitative estimate of drug-likeness (QED) is 0.0397. The van der Waals surface area contributed by atoms with Crippen molar-refractivity contribution < 1.29 is 48.2 Å². The first-order chi connectivity index (χ1) is 40.7. The van der Waals surface area contributed by atoms with Gasteiger partial charge in [0.15, 0.2) is 0 Å². The van der Waals surface area contributed by atoms with Crippen LogP contribution in [0.5, 0.6) is 23.0 Å². The smallest absolute Gasteiger partial charge is 0.323 e. The Balaban J connectivity index is 0.981. The molecule has 84 heavy (non-hydrogen) atoms. The molecule has 0 bridgehead atoms. The summed E-state index contributed by atoms with van der Waals surface area (Å²) in [5.74, 6) is -1.37. The zero-order valence-electron chi connectivity index (χ0n) is 46.9. The second-order valence-corrected chi connectivity index (χ2v) is 21.0. The molecule has 0 unspecified atom stereocenters. The predicted molar refractivity (Wildman–Crippen MR) is 319 cm³/mol. The molecule has 0 amide bonds. The maximum Gasteiger partial charge on any atom is 0.323 e. The van der Waals surface area contributed by atoms with Crippen molar-refractivity contribution in [2.75, 3.05) is 0 Å². The number of rotatable bonds is 29. The summed E-state index contributed by atoms with van der Waals surface area (Å²) in [5, 5.41) is 43.3. The van der Waals surface area contributed by atoms with Crippen molar-refractivity contribution in [3.8, 4) is 46.3 Å². The molecule has 0 spiro atoms. The summed E-state index contributed by atoms with van der Waals surface area (Å²) in [6, 6.07) is 44.4. The van der Waals surface area contributed by atoms with Crippen LogP contribution in [-0.4, -0.2) is 50.4 Å². The van der Waals surface area contributed by atoms with E-state index >= 15 is 0 Å². The molecule has 4 atom stereocenters. The van der Waals surface area contributed by atoms with Crippen LogP contribution >= 0.6 is 23.2 Å². The number of nitriles is 2. The molecule has 8 rings (SSSR count). The van der Waals surface area contributed by atoms with Crippen molar-refractivity contribution >= 4 is 35.1 Å². The number of halogens is 2. The largest absolute Gasteiger partial charge is 0.488 e. The van der Waals surface area contributed by atoms with Crippen molar-refractivity contribution in [1.29, 1.82) is 10.5 Å². The maximum absolute atomic E-state index is 12.6. The third-order valence-electron chi connectivity index (χ3n) is 14.4. The predicted octanol–water partition coefficient (Wildman–Crippen LogP) is 13.5. The number of aromatic nitrogens is 2. The van der Waals surface area contributed by atoms with Crippen molar-refractivity contribution in [1.82, 2.24) is 15.3 Å². The molecule has 0 radical (unpaired) electrons. The molecule has 0 aliphatic carbocycles. The fraction of sp³-hybridized carbons (Fsp3) is 0.254. The van der Waals surface area contributed by atoms with E-state index in [1.807, 2.05) is 111 Å². The lowest BCUT2D eigenvalue weighted by Crippen LogP contribution is -2.45. The van der Waals surface area contributed by atoms with E-state index in [9.17, 15) is 30.3 Å². The summed E-state index contributed by atoms with van der Waals surface area (Å²) in [5.41, 5.74) is 10.9. The van der Waals surface area contributed by atoms with Crippen LogP contribution < -0.4 is 24.3 Å². The summed E-state index contributed by atoms with van der Waals surface area (Å²) in [4.78, 5) is 33.5. The van der Waals surface area contributed by atoms with Crippen LogP contribution in [0.15, 0.2) is 158 Å². The number of pyridine rings is 2. The summed E-state index contributed by atoms with van der Waals surface area (Å²) >= 11 is 13.9. The SMILES string of the molecule is Cc1c(COc2cc(OCc3cncc(C#N)c3)c(CC[C@H](C(=O)O)[C@@H](C)OCc3ccccc3)cc2Cl)cccc1-c1cccc(COc2cc(OCc3cncc(C#N)c3)c(CN[C@H](C(=O)O)[C@@H](C)OCc3ccccc3)cc2Cl)c1C. The highest BCUT2D eigenvalue weighted by molar-refractivity contribution is 6.32. The lowest BCUT2D eigenvalue weighted by Gasteiger charge is -2.23. The molecular formula is C67H63Cl2N5O10. The number of aryl methyl sites for hydroxylation is 1. The van der Waals surface area contributed by atoms with Gasteiger partial charge in [0.1, 0.15) is 67.6 Å². The lowest BCUT2D eigenvalue weighted by molar-refractivity contribution is -0.148. The van der Waals surface area contributed by atoms with E-state index in [0.29, 0.717) is 67.8 Å². The van der Waals surface area contributed by atoms with Gasteiger partial charge in [0.2, 0.25) is 0 Å². The number of hydrogen-bond acceptors (Lipinski definition) is 13. The molecule has 6 aromatic carbocycles. The molecule has 8 aromatic rings. The highest BCUT2D eigenvalue weighted by atomic mass is 35.5. The molecule has 15 nitrogen and oxygen atoms in total. The van der Waals surface area contributed by atoms with Crippen molar-refractivity contribution in [2.24, 2.45) is 5.92 Å². The Morgan fingerprint density at radius 1 is 0.524 bits per heavy atom. The third kappa shape index (κ3) is 16.7. The minimum absolute atomic E-state index is 0.0519. The van der Waals surface area contributed by atoms with Crippen LogP contribution in [0.25, 0.3) is 11.1 Å². The number of hydrogen-bond donors (Lipinski definition) is 3. The number of carbonyl (C=O) groups is 2. The Hall–Kier alpha value is -8.80. The summed E-state index contributed by atoms with van der Waals surface area (Å²) < 4.78 is 37.7. The number of carboxylic acids is 2. The molecule has 0 fully saturated rings. The maximum atomic E-state index is 12.6. The molecule has 0 saturated carbocycles. The summed E-state index contributed by atoms with van der Waals surface area (Å²) in [7, 11) is 0. The van der Waals surface area contributed by atoms with E-state index in [0.717, 1.165) is 44.5 Å². The van der Waals surface area contributed by atoms with E-state index in [-0.39, 0.29) is 57.6 Å². The lowest BCUT2D eigenvalue weighted by atomic mass is 9.92. The Kier molecular flexibility index (Phi) is 21.9. The van der Waals surface area contributed by atoms with Crippen LogP contribution in [0, 0.1) is 42.4 Å². The summed E-state index contributed by atoms with van der Waals surface area (Å²) in [6.45, 7) is 8.52. The van der Waals surface area contributed by atoms with Gasteiger partial charge < -0.3 is 38.6 Å². The van der Waals surface area contributed by atoms with Crippen molar-refractivity contribution in [2.45, 2.75) is 105 Å². The van der Waals surface area contributed by atoms with Gasteiger partial charge in [0, 0.05) is 60.2 Å². The van der Waals surface area contributed by atoms with Gasteiger partial charge in [-0.3, -0.25) is 24.9 Å². The van der Waals surface area contributed by atoms with Gasteiger partial charge in [-0.2, -0.15) is 10.5 Å². The zero-order chi connectivity index (χ0) is 59.5. The van der Waals surface area contributed by atoms with Gasteiger partial charge >= 0.3 is 11.9 Å². The molecular weight excluding hydrogens is 1110 g/mol. The first-order valence-corrected chi connectivity index (χ1v) is 27.9. The normalized spacial score (nSPS) is 12.5. The van der Waals surface area contributed by atoms with E-state index in [1.54, 1.807) is 62.6 Å². The van der Waals surface area contributed by atoms with Crippen LogP contribution in [0.3, 0.4) is 0 Å².